The van der Waals surface area contributed by atoms with E-state index in [2.05, 4.69) is 53.5 Å². The number of hydrogen-bond donors (Lipinski definition) is 1. The number of rotatable bonds is 5. The summed E-state index contributed by atoms with van der Waals surface area (Å²) in [6, 6.07) is 2.10. The predicted octanol–water partition coefficient (Wildman–Crippen LogP) is 4.04. The van der Waals surface area contributed by atoms with Crippen molar-refractivity contribution >= 4 is 27.3 Å². The maximum absolute atomic E-state index is 3.53. The average molecular weight is 276 g/mol. The average Bonchev–Trinajstić information content (AvgIpc) is 2.52. The molecule has 0 aliphatic rings. The molecule has 1 aromatic heterocycles. The summed E-state index contributed by atoms with van der Waals surface area (Å²) in [5.74, 6) is 0. The Labute approximate surface area is 99.0 Å². The van der Waals surface area contributed by atoms with Crippen molar-refractivity contribution in [1.82, 2.24) is 5.32 Å². The van der Waals surface area contributed by atoms with Crippen molar-refractivity contribution in [2.75, 3.05) is 6.54 Å². The monoisotopic (exact) mass is 275 g/mol. The van der Waals surface area contributed by atoms with Gasteiger partial charge in [-0.15, -0.1) is 11.3 Å². The van der Waals surface area contributed by atoms with Gasteiger partial charge in [-0.25, -0.2) is 0 Å². The maximum Gasteiger partial charge on any atom is 0.0327 e. The standard InChI is InChI=1S/C11H18BrNS/c1-4-11(2,3)8-13-7-10-9(12)5-6-14-10/h5-6,13H,4,7-8H2,1-3H3. The molecule has 80 valence electrons. The smallest absolute Gasteiger partial charge is 0.0327 e. The summed E-state index contributed by atoms with van der Waals surface area (Å²) in [7, 11) is 0. The van der Waals surface area contributed by atoms with E-state index in [0.717, 1.165) is 13.1 Å². The Morgan fingerprint density at radius 2 is 2.21 bits per heavy atom. The Morgan fingerprint density at radius 1 is 1.50 bits per heavy atom. The Bertz CT molecular complexity index is 281. The lowest BCUT2D eigenvalue weighted by molar-refractivity contribution is 0.328. The van der Waals surface area contributed by atoms with Crippen LogP contribution in [0.25, 0.3) is 0 Å². The van der Waals surface area contributed by atoms with Gasteiger partial charge in [0.05, 0.1) is 0 Å². The quantitative estimate of drug-likeness (QED) is 0.856. The van der Waals surface area contributed by atoms with Gasteiger partial charge in [0.25, 0.3) is 0 Å². The van der Waals surface area contributed by atoms with Crippen LogP contribution < -0.4 is 5.32 Å². The van der Waals surface area contributed by atoms with Crippen molar-refractivity contribution in [2.45, 2.75) is 33.7 Å². The van der Waals surface area contributed by atoms with Crippen molar-refractivity contribution in [3.63, 3.8) is 0 Å². The molecule has 3 heteroatoms. The molecule has 1 heterocycles. The molecule has 0 aliphatic carbocycles. The summed E-state index contributed by atoms with van der Waals surface area (Å²) in [5.41, 5.74) is 0.406. The number of hydrogen-bond acceptors (Lipinski definition) is 2. The van der Waals surface area contributed by atoms with Crippen molar-refractivity contribution in [3.05, 3.63) is 20.8 Å². The molecule has 0 fully saturated rings. The first-order chi connectivity index (χ1) is 6.55. The third-order valence-electron chi connectivity index (χ3n) is 2.54. The van der Waals surface area contributed by atoms with Crippen LogP contribution in [0.3, 0.4) is 0 Å². The van der Waals surface area contributed by atoms with E-state index in [0.29, 0.717) is 5.41 Å². The predicted molar refractivity (Wildman–Crippen MR) is 67.8 cm³/mol. The molecule has 0 bridgehead atoms. The molecule has 1 N–H and O–H groups in total. The second kappa shape index (κ2) is 5.29. The van der Waals surface area contributed by atoms with Gasteiger partial charge in [0, 0.05) is 22.4 Å². The summed E-state index contributed by atoms with van der Waals surface area (Å²) < 4.78 is 1.23. The molecule has 1 nitrogen and oxygen atoms in total. The highest BCUT2D eigenvalue weighted by atomic mass is 79.9. The zero-order valence-corrected chi connectivity index (χ0v) is 11.5. The van der Waals surface area contributed by atoms with Gasteiger partial charge >= 0.3 is 0 Å². The minimum absolute atomic E-state index is 0.406. The van der Waals surface area contributed by atoms with Gasteiger partial charge in [-0.3, -0.25) is 0 Å². The largest absolute Gasteiger partial charge is 0.311 e. The van der Waals surface area contributed by atoms with Crippen LogP contribution >= 0.6 is 27.3 Å². The van der Waals surface area contributed by atoms with Crippen LogP contribution in [0.4, 0.5) is 0 Å². The number of thiophene rings is 1. The van der Waals surface area contributed by atoms with Crippen LogP contribution in [0, 0.1) is 5.41 Å². The highest BCUT2D eigenvalue weighted by molar-refractivity contribution is 9.10. The summed E-state index contributed by atoms with van der Waals surface area (Å²) in [5, 5.41) is 5.62. The molecule has 0 spiro atoms. The Hall–Kier alpha value is 0.140. The van der Waals surface area contributed by atoms with E-state index in [9.17, 15) is 0 Å². The first kappa shape index (κ1) is 12.2. The van der Waals surface area contributed by atoms with Gasteiger partial charge in [0.15, 0.2) is 0 Å². The van der Waals surface area contributed by atoms with Gasteiger partial charge in [-0.1, -0.05) is 20.8 Å². The van der Waals surface area contributed by atoms with E-state index < -0.39 is 0 Å². The molecule has 0 saturated carbocycles. The summed E-state index contributed by atoms with van der Waals surface area (Å²) in [4.78, 5) is 1.39. The molecule has 0 aliphatic heterocycles. The van der Waals surface area contributed by atoms with E-state index in [1.54, 1.807) is 11.3 Å². The molecule has 1 rings (SSSR count). The van der Waals surface area contributed by atoms with E-state index in [1.165, 1.54) is 15.8 Å². The van der Waals surface area contributed by atoms with Gasteiger partial charge in [0.1, 0.15) is 0 Å². The Morgan fingerprint density at radius 3 is 2.71 bits per heavy atom. The molecule has 1 aromatic rings. The topological polar surface area (TPSA) is 12.0 Å². The lowest BCUT2D eigenvalue weighted by atomic mass is 9.90. The lowest BCUT2D eigenvalue weighted by Crippen LogP contribution is -2.28. The zero-order chi connectivity index (χ0) is 10.6. The Kier molecular flexibility index (Phi) is 4.61. The van der Waals surface area contributed by atoms with Crippen molar-refractivity contribution < 1.29 is 0 Å². The molecule has 0 radical (unpaired) electrons. The third-order valence-corrected chi connectivity index (χ3v) is 4.46. The molecular weight excluding hydrogens is 258 g/mol. The minimum Gasteiger partial charge on any atom is -0.311 e. The fourth-order valence-electron chi connectivity index (χ4n) is 1.09. The molecular formula is C11H18BrNS. The maximum atomic E-state index is 3.53. The summed E-state index contributed by atoms with van der Waals surface area (Å²) >= 11 is 5.33. The number of nitrogens with one attached hydrogen (secondary N) is 1. The number of halogens is 1. The molecule has 0 aromatic carbocycles. The van der Waals surface area contributed by atoms with Crippen molar-refractivity contribution in [2.24, 2.45) is 5.41 Å². The first-order valence-electron chi connectivity index (χ1n) is 4.98. The van der Waals surface area contributed by atoms with E-state index in [-0.39, 0.29) is 0 Å². The summed E-state index contributed by atoms with van der Waals surface area (Å²) in [6.07, 6.45) is 1.21. The van der Waals surface area contributed by atoms with Crippen LogP contribution in [0.5, 0.6) is 0 Å². The van der Waals surface area contributed by atoms with Crippen molar-refractivity contribution in [3.8, 4) is 0 Å². The molecule has 0 amide bonds. The molecule has 0 saturated heterocycles. The molecule has 14 heavy (non-hydrogen) atoms. The van der Waals surface area contributed by atoms with E-state index in [1.807, 2.05) is 0 Å². The lowest BCUT2D eigenvalue weighted by Gasteiger charge is -2.22. The van der Waals surface area contributed by atoms with Gasteiger partial charge < -0.3 is 5.32 Å². The fourth-order valence-corrected chi connectivity index (χ4v) is 2.55. The van der Waals surface area contributed by atoms with Crippen LogP contribution in [0.1, 0.15) is 32.1 Å². The van der Waals surface area contributed by atoms with Crippen LogP contribution in [-0.2, 0) is 6.54 Å². The van der Waals surface area contributed by atoms with Crippen LogP contribution in [0.15, 0.2) is 15.9 Å². The SMILES string of the molecule is CCC(C)(C)CNCc1sccc1Br. The van der Waals surface area contributed by atoms with Gasteiger partial charge in [0.2, 0.25) is 0 Å². The fraction of sp³-hybridized carbons (Fsp3) is 0.636. The molecule has 0 unspecified atom stereocenters. The molecule has 0 atom stereocenters. The van der Waals surface area contributed by atoms with Crippen LogP contribution in [-0.4, -0.2) is 6.54 Å². The van der Waals surface area contributed by atoms with Crippen molar-refractivity contribution in [1.29, 1.82) is 0 Å². The third kappa shape index (κ3) is 3.71. The van der Waals surface area contributed by atoms with E-state index >= 15 is 0 Å². The Balaban J connectivity index is 2.32. The normalized spacial score (nSPS) is 12.0. The second-order valence-corrected chi connectivity index (χ2v) is 6.17. The highest BCUT2D eigenvalue weighted by Gasteiger charge is 2.14. The minimum atomic E-state index is 0.406. The van der Waals surface area contributed by atoms with Crippen LogP contribution in [0.2, 0.25) is 0 Å². The second-order valence-electron chi connectivity index (χ2n) is 4.31. The first-order valence-corrected chi connectivity index (χ1v) is 6.65. The van der Waals surface area contributed by atoms with Gasteiger partial charge in [-0.05, 0) is 39.2 Å². The van der Waals surface area contributed by atoms with Gasteiger partial charge in [-0.2, -0.15) is 0 Å². The zero-order valence-electron chi connectivity index (χ0n) is 9.06. The van der Waals surface area contributed by atoms with E-state index in [4.69, 9.17) is 0 Å². The summed E-state index contributed by atoms with van der Waals surface area (Å²) in [6.45, 7) is 8.88. The highest BCUT2D eigenvalue weighted by Crippen LogP contribution is 2.23.